The van der Waals surface area contributed by atoms with Gasteiger partial charge in [0.15, 0.2) is 5.79 Å². The van der Waals surface area contributed by atoms with Crippen molar-refractivity contribution in [3.8, 4) is 0 Å². The van der Waals surface area contributed by atoms with Crippen molar-refractivity contribution < 1.29 is 23.7 Å². The highest BCUT2D eigenvalue weighted by Gasteiger charge is 2.29. The molecule has 0 aromatic carbocycles. The van der Waals surface area contributed by atoms with E-state index in [1.165, 1.54) is 0 Å². The van der Waals surface area contributed by atoms with Gasteiger partial charge in [-0.1, -0.05) is 13.8 Å². The van der Waals surface area contributed by atoms with Gasteiger partial charge < -0.3 is 18.9 Å². The topological polar surface area (TPSA) is 54.0 Å². The van der Waals surface area contributed by atoms with Gasteiger partial charge in [-0.05, 0) is 26.7 Å². The zero-order valence-electron chi connectivity index (χ0n) is 11.9. The molecule has 5 nitrogen and oxygen atoms in total. The predicted molar refractivity (Wildman–Crippen MR) is 66.2 cm³/mol. The van der Waals surface area contributed by atoms with Crippen LogP contribution in [-0.2, 0) is 18.9 Å². The third-order valence-corrected chi connectivity index (χ3v) is 2.99. The number of carbonyl (C=O) groups excluding carboxylic acids is 1. The Labute approximate surface area is 109 Å². The van der Waals surface area contributed by atoms with Crippen LogP contribution < -0.4 is 0 Å². The van der Waals surface area contributed by atoms with Crippen molar-refractivity contribution in [1.82, 2.24) is 0 Å². The number of rotatable bonds is 4. The van der Waals surface area contributed by atoms with E-state index in [9.17, 15) is 4.79 Å². The maximum atomic E-state index is 11.4. The maximum absolute atomic E-state index is 11.4. The highest BCUT2D eigenvalue weighted by Crippen LogP contribution is 2.20. The normalized spacial score (nSPS) is 21.7. The second-order valence-corrected chi connectivity index (χ2v) is 5.52. The molecular weight excluding hydrogens is 236 g/mol. The van der Waals surface area contributed by atoms with Gasteiger partial charge in [0.1, 0.15) is 12.7 Å². The van der Waals surface area contributed by atoms with Gasteiger partial charge in [0.2, 0.25) is 0 Å². The summed E-state index contributed by atoms with van der Waals surface area (Å²) in [5, 5.41) is 0. The summed E-state index contributed by atoms with van der Waals surface area (Å²) in [4.78, 5) is 11.4. The molecule has 0 saturated carbocycles. The predicted octanol–water partition coefficient (Wildman–Crippen LogP) is 2.58. The van der Waals surface area contributed by atoms with Gasteiger partial charge in [-0.15, -0.1) is 0 Å². The Kier molecular flexibility index (Phi) is 5.41. The van der Waals surface area contributed by atoms with Gasteiger partial charge in [0, 0.05) is 5.92 Å². The first-order valence-electron chi connectivity index (χ1n) is 6.41. The summed E-state index contributed by atoms with van der Waals surface area (Å²) < 4.78 is 21.1. The van der Waals surface area contributed by atoms with Crippen molar-refractivity contribution in [2.24, 2.45) is 11.8 Å². The average Bonchev–Trinajstić information content (AvgIpc) is 2.27. The molecule has 1 saturated heterocycles. The minimum Gasteiger partial charge on any atom is -0.434 e. The SMILES string of the molecule is CC(C)C(C)OC(=O)OCC1COC(C)(C)OC1. The zero-order chi connectivity index (χ0) is 13.8. The Bertz CT molecular complexity index is 265. The van der Waals surface area contributed by atoms with Crippen LogP contribution in [0.4, 0.5) is 4.79 Å². The molecule has 0 spiro atoms. The second-order valence-electron chi connectivity index (χ2n) is 5.52. The Morgan fingerprint density at radius 3 is 2.33 bits per heavy atom. The fourth-order valence-electron chi connectivity index (χ4n) is 1.33. The molecule has 0 N–H and O–H groups in total. The molecule has 1 aliphatic rings. The monoisotopic (exact) mass is 260 g/mol. The molecular formula is C13H24O5. The number of carbonyl (C=O) groups is 1. The number of hydrogen-bond donors (Lipinski definition) is 0. The molecule has 106 valence electrons. The maximum Gasteiger partial charge on any atom is 0.508 e. The first-order valence-corrected chi connectivity index (χ1v) is 6.41. The molecule has 0 radical (unpaired) electrons. The Balaban J connectivity index is 2.20. The Hall–Kier alpha value is -0.810. The lowest BCUT2D eigenvalue weighted by molar-refractivity contribution is -0.265. The molecule has 0 amide bonds. The van der Waals surface area contributed by atoms with E-state index in [0.717, 1.165) is 0 Å². The molecule has 1 atom stereocenters. The van der Waals surface area contributed by atoms with Gasteiger partial charge in [0.25, 0.3) is 0 Å². The minimum atomic E-state index is -0.624. The van der Waals surface area contributed by atoms with Crippen LogP contribution in [0.1, 0.15) is 34.6 Å². The van der Waals surface area contributed by atoms with Crippen molar-refractivity contribution >= 4 is 6.16 Å². The first-order chi connectivity index (χ1) is 8.30. The highest BCUT2D eigenvalue weighted by atomic mass is 16.7. The van der Waals surface area contributed by atoms with Crippen LogP contribution in [0, 0.1) is 11.8 Å². The summed E-state index contributed by atoms with van der Waals surface area (Å²) in [6.45, 7) is 10.9. The van der Waals surface area contributed by atoms with Gasteiger partial charge in [-0.2, -0.15) is 0 Å². The zero-order valence-corrected chi connectivity index (χ0v) is 11.9. The first kappa shape index (κ1) is 15.2. The largest absolute Gasteiger partial charge is 0.508 e. The van der Waals surface area contributed by atoms with Crippen molar-refractivity contribution in [3.05, 3.63) is 0 Å². The van der Waals surface area contributed by atoms with E-state index in [0.29, 0.717) is 13.2 Å². The minimum absolute atomic E-state index is 0.0694. The molecule has 5 heteroatoms. The lowest BCUT2D eigenvalue weighted by atomic mass is 10.1. The summed E-state index contributed by atoms with van der Waals surface area (Å²) in [6.07, 6.45) is -0.767. The third kappa shape index (κ3) is 5.23. The van der Waals surface area contributed by atoms with Crippen LogP contribution in [-0.4, -0.2) is 37.9 Å². The number of ether oxygens (including phenoxy) is 4. The molecule has 1 aliphatic heterocycles. The Morgan fingerprint density at radius 2 is 1.83 bits per heavy atom. The van der Waals surface area contributed by atoms with Crippen LogP contribution >= 0.6 is 0 Å². The van der Waals surface area contributed by atoms with E-state index in [4.69, 9.17) is 18.9 Å². The second kappa shape index (κ2) is 6.38. The van der Waals surface area contributed by atoms with E-state index in [2.05, 4.69) is 0 Å². The summed E-state index contributed by atoms with van der Waals surface area (Å²) in [5.74, 6) is -0.192. The van der Waals surface area contributed by atoms with Crippen molar-refractivity contribution in [2.45, 2.75) is 46.5 Å². The van der Waals surface area contributed by atoms with Crippen LogP contribution in [0.5, 0.6) is 0 Å². The fraction of sp³-hybridized carbons (Fsp3) is 0.923. The molecule has 0 bridgehead atoms. The van der Waals surface area contributed by atoms with Gasteiger partial charge in [-0.25, -0.2) is 4.79 Å². The molecule has 1 fully saturated rings. The van der Waals surface area contributed by atoms with Gasteiger partial charge in [0.05, 0.1) is 13.2 Å². The van der Waals surface area contributed by atoms with E-state index >= 15 is 0 Å². The standard InChI is InChI=1S/C13H24O5/c1-9(2)10(3)18-12(14)15-6-11-7-16-13(4,5)17-8-11/h9-11H,6-8H2,1-5H3. The van der Waals surface area contributed by atoms with Crippen LogP contribution in [0.3, 0.4) is 0 Å². The van der Waals surface area contributed by atoms with Crippen molar-refractivity contribution in [3.63, 3.8) is 0 Å². The van der Waals surface area contributed by atoms with Gasteiger partial charge >= 0.3 is 6.16 Å². The van der Waals surface area contributed by atoms with E-state index in [1.54, 1.807) is 0 Å². The average molecular weight is 260 g/mol. The smallest absolute Gasteiger partial charge is 0.434 e. The summed E-state index contributed by atoms with van der Waals surface area (Å²) in [7, 11) is 0. The summed E-state index contributed by atoms with van der Waals surface area (Å²) in [5.41, 5.74) is 0. The quantitative estimate of drug-likeness (QED) is 0.727. The van der Waals surface area contributed by atoms with Gasteiger partial charge in [-0.3, -0.25) is 0 Å². The molecule has 1 heterocycles. The van der Waals surface area contributed by atoms with E-state index in [1.807, 2.05) is 34.6 Å². The third-order valence-electron chi connectivity index (χ3n) is 2.99. The molecule has 0 aliphatic carbocycles. The van der Waals surface area contributed by atoms with Crippen molar-refractivity contribution in [2.75, 3.05) is 19.8 Å². The van der Waals surface area contributed by atoms with Crippen LogP contribution in [0.25, 0.3) is 0 Å². The van der Waals surface area contributed by atoms with E-state index in [-0.39, 0.29) is 24.5 Å². The van der Waals surface area contributed by atoms with Crippen molar-refractivity contribution in [1.29, 1.82) is 0 Å². The number of hydrogen-bond acceptors (Lipinski definition) is 5. The lowest BCUT2D eigenvalue weighted by Crippen LogP contribution is -2.41. The summed E-state index contributed by atoms with van der Waals surface area (Å²) >= 11 is 0. The Morgan fingerprint density at radius 1 is 1.28 bits per heavy atom. The molecule has 18 heavy (non-hydrogen) atoms. The van der Waals surface area contributed by atoms with E-state index < -0.39 is 11.9 Å². The van der Waals surface area contributed by atoms with Crippen LogP contribution in [0.15, 0.2) is 0 Å². The molecule has 1 rings (SSSR count). The molecule has 1 unspecified atom stereocenters. The summed E-state index contributed by atoms with van der Waals surface area (Å²) in [6, 6.07) is 0. The molecule has 0 aromatic heterocycles. The van der Waals surface area contributed by atoms with Crippen LogP contribution in [0.2, 0.25) is 0 Å². The fourth-order valence-corrected chi connectivity index (χ4v) is 1.33. The molecule has 0 aromatic rings. The lowest BCUT2D eigenvalue weighted by Gasteiger charge is -2.34. The highest BCUT2D eigenvalue weighted by molar-refractivity contribution is 5.60.